The quantitative estimate of drug-likeness (QED) is 0.459. The molecular weight excluding hydrogens is 346 g/mol. The molecule has 1 N–H and O–H groups in total. The number of carboxylic acids is 1. The molecule has 1 heterocycles. The zero-order valence-electron chi connectivity index (χ0n) is 14.8. The molecule has 2 aromatic carbocycles. The lowest BCUT2D eigenvalue weighted by Gasteiger charge is -2.37. The van der Waals surface area contributed by atoms with Crippen molar-refractivity contribution in [2.24, 2.45) is 0 Å². The number of benzene rings is 2. The van der Waals surface area contributed by atoms with Crippen LogP contribution in [-0.4, -0.2) is 48.4 Å². The van der Waals surface area contributed by atoms with Crippen LogP contribution in [0.2, 0.25) is 0 Å². The Hall–Kier alpha value is -2.99. The number of Topliss-reactive ketones (excluding diaryl/α,β-unsaturated/α-hetero) is 2. The average Bonchev–Trinajstić information content (AvgIpc) is 2.69. The zero-order chi connectivity index (χ0) is 19.2. The highest BCUT2D eigenvalue weighted by molar-refractivity contribution is 6.37. The number of hydrogen-bond donors (Lipinski definition) is 1. The van der Waals surface area contributed by atoms with Crippen molar-refractivity contribution >= 4 is 23.2 Å². The summed E-state index contributed by atoms with van der Waals surface area (Å²) in [6.45, 7) is 2.02. The van der Waals surface area contributed by atoms with Crippen molar-refractivity contribution in [3.8, 4) is 0 Å². The van der Waals surface area contributed by atoms with Gasteiger partial charge in [-0.2, -0.15) is 0 Å². The normalized spacial score (nSPS) is 16.7. The van der Waals surface area contributed by atoms with Gasteiger partial charge in [0.1, 0.15) is 0 Å². The molecule has 0 radical (unpaired) electrons. The Kier molecular flexibility index (Phi) is 5.98. The van der Waals surface area contributed by atoms with E-state index in [1.165, 1.54) is 5.56 Å². The fourth-order valence-electron chi connectivity index (χ4n) is 3.21. The summed E-state index contributed by atoms with van der Waals surface area (Å²) in [7, 11) is 0. The van der Waals surface area contributed by atoms with E-state index in [0.717, 1.165) is 18.7 Å². The topological polar surface area (TPSA) is 83.9 Å². The third-order valence-electron chi connectivity index (χ3n) is 4.62. The molecule has 6 nitrogen and oxygen atoms in total. The maximum atomic E-state index is 12.0. The van der Waals surface area contributed by atoms with E-state index in [1.54, 1.807) is 12.1 Å². The van der Waals surface area contributed by atoms with Crippen molar-refractivity contribution in [1.29, 1.82) is 0 Å². The molecule has 1 fully saturated rings. The van der Waals surface area contributed by atoms with Crippen LogP contribution in [0.5, 0.6) is 0 Å². The summed E-state index contributed by atoms with van der Waals surface area (Å²) in [4.78, 5) is 36.1. The molecule has 6 heteroatoms. The molecule has 0 aromatic heterocycles. The van der Waals surface area contributed by atoms with E-state index < -0.39 is 24.0 Å². The van der Waals surface area contributed by atoms with E-state index >= 15 is 0 Å². The minimum Gasteiger partial charge on any atom is -0.475 e. The van der Waals surface area contributed by atoms with Crippen molar-refractivity contribution in [3.05, 3.63) is 65.7 Å². The molecule has 1 unspecified atom stereocenters. The summed E-state index contributed by atoms with van der Waals surface area (Å²) in [5, 5.41) is 8.62. The highest BCUT2D eigenvalue weighted by atomic mass is 16.5. The molecule has 1 aliphatic rings. The molecule has 0 amide bonds. The third kappa shape index (κ3) is 4.80. The molecule has 1 saturated heterocycles. The van der Waals surface area contributed by atoms with Gasteiger partial charge < -0.3 is 14.7 Å². The number of ether oxygens (including phenoxy) is 1. The number of morpholine rings is 1. The SMILES string of the molecule is O=C(O)C(=O)CC(=O)c1ccc(N2CCOCC2Cc2ccccc2)cc1. The number of anilines is 1. The van der Waals surface area contributed by atoms with E-state index in [-0.39, 0.29) is 6.04 Å². The number of carbonyl (C=O) groups excluding carboxylic acids is 2. The molecule has 1 aliphatic heterocycles. The zero-order valence-corrected chi connectivity index (χ0v) is 14.8. The number of aliphatic carboxylic acids is 1. The van der Waals surface area contributed by atoms with Crippen molar-refractivity contribution in [3.63, 3.8) is 0 Å². The number of rotatable bonds is 7. The number of hydrogen-bond acceptors (Lipinski definition) is 5. The van der Waals surface area contributed by atoms with E-state index in [4.69, 9.17) is 9.84 Å². The van der Waals surface area contributed by atoms with Crippen LogP contribution in [-0.2, 0) is 20.7 Å². The molecule has 0 spiro atoms. The maximum Gasteiger partial charge on any atom is 0.372 e. The highest BCUT2D eigenvalue weighted by Crippen LogP contribution is 2.23. The summed E-state index contributed by atoms with van der Waals surface area (Å²) in [6.07, 6.45) is 0.234. The van der Waals surface area contributed by atoms with Crippen LogP contribution in [0, 0.1) is 0 Å². The van der Waals surface area contributed by atoms with Gasteiger partial charge in [-0.05, 0) is 36.2 Å². The fraction of sp³-hybridized carbons (Fsp3) is 0.286. The molecular formula is C21H21NO5. The Labute approximate surface area is 157 Å². The monoisotopic (exact) mass is 367 g/mol. The lowest BCUT2D eigenvalue weighted by Crippen LogP contribution is -2.46. The van der Waals surface area contributed by atoms with Crippen molar-refractivity contribution < 1.29 is 24.2 Å². The molecule has 3 rings (SSSR count). The van der Waals surface area contributed by atoms with Crippen LogP contribution in [0.4, 0.5) is 5.69 Å². The Morgan fingerprint density at radius 2 is 1.74 bits per heavy atom. The Balaban J connectivity index is 1.71. The average molecular weight is 367 g/mol. The Morgan fingerprint density at radius 1 is 1.04 bits per heavy atom. The van der Waals surface area contributed by atoms with Crippen LogP contribution in [0.25, 0.3) is 0 Å². The molecule has 2 aromatic rings. The third-order valence-corrected chi connectivity index (χ3v) is 4.62. The molecule has 0 bridgehead atoms. The first-order chi connectivity index (χ1) is 13.0. The van der Waals surface area contributed by atoms with Gasteiger partial charge in [0.25, 0.3) is 0 Å². The minimum atomic E-state index is -1.59. The van der Waals surface area contributed by atoms with Crippen molar-refractivity contribution in [2.45, 2.75) is 18.9 Å². The molecule has 0 aliphatic carbocycles. The van der Waals surface area contributed by atoms with Crippen LogP contribution in [0.3, 0.4) is 0 Å². The van der Waals surface area contributed by atoms with Crippen LogP contribution in [0.15, 0.2) is 54.6 Å². The number of nitrogens with zero attached hydrogens (tertiary/aromatic N) is 1. The molecule has 27 heavy (non-hydrogen) atoms. The first kappa shape index (κ1) is 18.8. The first-order valence-electron chi connectivity index (χ1n) is 8.82. The van der Waals surface area contributed by atoms with Crippen LogP contribution in [0.1, 0.15) is 22.3 Å². The Morgan fingerprint density at radius 3 is 2.41 bits per heavy atom. The molecule has 1 atom stereocenters. The van der Waals surface area contributed by atoms with Gasteiger partial charge in [0.05, 0.1) is 25.7 Å². The van der Waals surface area contributed by atoms with E-state index in [9.17, 15) is 14.4 Å². The van der Waals surface area contributed by atoms with Crippen LogP contribution >= 0.6 is 0 Å². The molecule has 140 valence electrons. The fourth-order valence-corrected chi connectivity index (χ4v) is 3.21. The number of ketones is 2. The minimum absolute atomic E-state index is 0.191. The lowest BCUT2D eigenvalue weighted by molar-refractivity contribution is -0.148. The number of carboxylic acid groups (broad SMARTS) is 1. The van der Waals surface area contributed by atoms with Gasteiger partial charge in [-0.25, -0.2) is 4.79 Å². The van der Waals surface area contributed by atoms with E-state index in [0.29, 0.717) is 18.8 Å². The predicted octanol–water partition coefficient (Wildman–Crippen LogP) is 2.36. The van der Waals surface area contributed by atoms with Gasteiger partial charge in [0.2, 0.25) is 5.78 Å². The largest absolute Gasteiger partial charge is 0.475 e. The van der Waals surface area contributed by atoms with Crippen molar-refractivity contribution in [1.82, 2.24) is 0 Å². The summed E-state index contributed by atoms with van der Waals surface area (Å²) in [5.74, 6) is -3.17. The summed E-state index contributed by atoms with van der Waals surface area (Å²) < 4.78 is 5.65. The maximum absolute atomic E-state index is 12.0. The van der Waals surface area contributed by atoms with Gasteiger partial charge >= 0.3 is 5.97 Å². The summed E-state index contributed by atoms with van der Waals surface area (Å²) in [6, 6.07) is 17.3. The number of carbonyl (C=O) groups is 3. The Bertz CT molecular complexity index is 816. The van der Waals surface area contributed by atoms with Gasteiger partial charge in [-0.3, -0.25) is 9.59 Å². The van der Waals surface area contributed by atoms with E-state index in [2.05, 4.69) is 17.0 Å². The smallest absolute Gasteiger partial charge is 0.372 e. The molecule has 0 saturated carbocycles. The summed E-state index contributed by atoms with van der Waals surface area (Å²) in [5.41, 5.74) is 2.54. The predicted molar refractivity (Wildman–Crippen MR) is 100 cm³/mol. The second-order valence-electron chi connectivity index (χ2n) is 6.49. The second-order valence-corrected chi connectivity index (χ2v) is 6.49. The van der Waals surface area contributed by atoms with E-state index in [1.807, 2.05) is 30.3 Å². The van der Waals surface area contributed by atoms with Crippen molar-refractivity contribution in [2.75, 3.05) is 24.7 Å². The van der Waals surface area contributed by atoms with Gasteiger partial charge in [-0.15, -0.1) is 0 Å². The van der Waals surface area contributed by atoms with Gasteiger partial charge in [-0.1, -0.05) is 30.3 Å². The lowest BCUT2D eigenvalue weighted by atomic mass is 10.0. The second kappa shape index (κ2) is 8.60. The summed E-state index contributed by atoms with van der Waals surface area (Å²) >= 11 is 0. The van der Waals surface area contributed by atoms with Gasteiger partial charge in [0.15, 0.2) is 5.78 Å². The highest BCUT2D eigenvalue weighted by Gasteiger charge is 2.24. The standard InChI is InChI=1S/C21H21NO5/c23-19(13-20(24)21(25)26)16-6-8-17(9-7-16)22-10-11-27-14-18(22)12-15-4-2-1-3-5-15/h1-9,18H,10-14H2,(H,25,26). The first-order valence-corrected chi connectivity index (χ1v) is 8.82. The van der Waals surface area contributed by atoms with Gasteiger partial charge in [0, 0.05) is 17.8 Å². The van der Waals surface area contributed by atoms with Crippen LogP contribution < -0.4 is 4.90 Å².